The van der Waals surface area contributed by atoms with Crippen molar-refractivity contribution in [1.82, 2.24) is 14.8 Å². The molecular weight excluding hydrogens is 386 g/mol. The molecule has 2 aromatic carbocycles. The van der Waals surface area contributed by atoms with Gasteiger partial charge in [-0.3, -0.25) is 4.79 Å². The number of hydrogen-bond donors (Lipinski definition) is 3. The van der Waals surface area contributed by atoms with Gasteiger partial charge >= 0.3 is 0 Å². The van der Waals surface area contributed by atoms with E-state index in [1.807, 2.05) is 19.1 Å². The minimum absolute atomic E-state index is 0.0251. The van der Waals surface area contributed by atoms with Crippen LogP contribution in [-0.4, -0.2) is 46.0 Å². The number of fused-ring (bicyclic) bond motifs is 1. The van der Waals surface area contributed by atoms with Crippen LogP contribution in [-0.2, 0) is 4.79 Å². The molecule has 1 amide bonds. The second kappa shape index (κ2) is 7.94. The standard InChI is InChI=1S/C21H23N5O4/c1-12-18(20(28)25-14-6-4-5-7-16(14)29-2)19(26-21(24-12)22-11-23-26)13-8-9-15(27)17(10-13)30-3/h4-12,18-19,27H,1-3H3,(H,25,28)(H,22,23,24)/t12-,18-,19-/m1/s1. The summed E-state index contributed by atoms with van der Waals surface area (Å²) in [6.45, 7) is 1.93. The number of aromatic nitrogens is 3. The Bertz CT molecular complexity index is 1070. The van der Waals surface area contributed by atoms with Gasteiger partial charge in [-0.1, -0.05) is 18.2 Å². The number of nitrogens with zero attached hydrogens (tertiary/aromatic N) is 3. The van der Waals surface area contributed by atoms with E-state index in [-0.39, 0.29) is 17.7 Å². The van der Waals surface area contributed by atoms with E-state index < -0.39 is 12.0 Å². The minimum atomic E-state index is -0.529. The van der Waals surface area contributed by atoms with Crippen LogP contribution in [0.2, 0.25) is 0 Å². The molecule has 0 aliphatic carbocycles. The maximum atomic E-state index is 13.4. The molecule has 0 radical (unpaired) electrons. The van der Waals surface area contributed by atoms with Crippen molar-refractivity contribution in [1.29, 1.82) is 0 Å². The summed E-state index contributed by atoms with van der Waals surface area (Å²) in [5.74, 6) is 0.768. The SMILES string of the molecule is COc1cc([C@@H]2[C@H](C(=O)Nc3ccccc3OC)[C@@H](C)Nc3ncnn32)ccc1O. The predicted octanol–water partition coefficient (Wildman–Crippen LogP) is 2.66. The second-order valence-electron chi connectivity index (χ2n) is 7.05. The fraction of sp³-hybridized carbons (Fsp3) is 0.286. The average molecular weight is 409 g/mol. The Morgan fingerprint density at radius 2 is 1.93 bits per heavy atom. The molecule has 1 aliphatic heterocycles. The molecular formula is C21H23N5O4. The number of nitrogens with one attached hydrogen (secondary N) is 2. The van der Waals surface area contributed by atoms with Crippen LogP contribution in [0.4, 0.5) is 11.6 Å². The number of rotatable bonds is 5. The smallest absolute Gasteiger partial charge is 0.232 e. The molecule has 0 bridgehead atoms. The summed E-state index contributed by atoms with van der Waals surface area (Å²) in [5, 5.41) is 20.6. The monoisotopic (exact) mass is 409 g/mol. The van der Waals surface area contributed by atoms with E-state index in [1.165, 1.54) is 13.4 Å². The van der Waals surface area contributed by atoms with Gasteiger partial charge in [0.2, 0.25) is 11.9 Å². The lowest BCUT2D eigenvalue weighted by Crippen LogP contribution is -2.46. The van der Waals surface area contributed by atoms with Gasteiger partial charge in [0.25, 0.3) is 0 Å². The predicted molar refractivity (Wildman–Crippen MR) is 111 cm³/mol. The van der Waals surface area contributed by atoms with Gasteiger partial charge < -0.3 is 25.2 Å². The molecule has 4 rings (SSSR count). The van der Waals surface area contributed by atoms with Gasteiger partial charge in [-0.2, -0.15) is 10.1 Å². The lowest BCUT2D eigenvalue weighted by molar-refractivity contribution is -0.121. The fourth-order valence-corrected chi connectivity index (χ4v) is 3.84. The molecule has 3 N–H and O–H groups in total. The number of anilines is 2. The summed E-state index contributed by atoms with van der Waals surface area (Å²) in [6, 6.07) is 11.6. The van der Waals surface area contributed by atoms with Crippen molar-refractivity contribution in [2.24, 2.45) is 5.92 Å². The number of amides is 1. The Morgan fingerprint density at radius 1 is 1.17 bits per heavy atom. The topological polar surface area (TPSA) is 111 Å². The summed E-state index contributed by atoms with van der Waals surface area (Å²) in [7, 11) is 3.04. The zero-order valence-corrected chi connectivity index (χ0v) is 16.9. The van der Waals surface area contributed by atoms with E-state index in [0.29, 0.717) is 23.1 Å². The van der Waals surface area contributed by atoms with Crippen LogP contribution in [0, 0.1) is 5.92 Å². The van der Waals surface area contributed by atoms with Gasteiger partial charge in [0.05, 0.1) is 31.9 Å². The first-order chi connectivity index (χ1) is 14.5. The first-order valence-electron chi connectivity index (χ1n) is 9.50. The van der Waals surface area contributed by atoms with Crippen LogP contribution in [0.3, 0.4) is 0 Å². The number of ether oxygens (including phenoxy) is 2. The highest BCUT2D eigenvalue weighted by atomic mass is 16.5. The highest BCUT2D eigenvalue weighted by Gasteiger charge is 2.41. The van der Waals surface area contributed by atoms with Gasteiger partial charge in [0, 0.05) is 6.04 Å². The zero-order valence-electron chi connectivity index (χ0n) is 16.9. The maximum absolute atomic E-state index is 13.4. The lowest BCUT2D eigenvalue weighted by atomic mass is 9.85. The molecule has 3 atom stereocenters. The third kappa shape index (κ3) is 3.38. The van der Waals surface area contributed by atoms with Crippen molar-refractivity contribution < 1.29 is 19.4 Å². The number of para-hydroxylation sites is 2. The Kier molecular flexibility index (Phi) is 5.18. The van der Waals surface area contributed by atoms with Crippen molar-refractivity contribution in [2.75, 3.05) is 24.9 Å². The van der Waals surface area contributed by atoms with Crippen molar-refractivity contribution in [3.63, 3.8) is 0 Å². The molecule has 30 heavy (non-hydrogen) atoms. The number of carbonyl (C=O) groups excluding carboxylic acids is 1. The highest BCUT2D eigenvalue weighted by molar-refractivity contribution is 5.95. The van der Waals surface area contributed by atoms with Crippen LogP contribution >= 0.6 is 0 Å². The molecule has 0 unspecified atom stereocenters. The number of aromatic hydroxyl groups is 1. The molecule has 2 heterocycles. The van der Waals surface area contributed by atoms with Gasteiger partial charge in [-0.05, 0) is 36.8 Å². The van der Waals surface area contributed by atoms with E-state index in [9.17, 15) is 9.90 Å². The Balaban J connectivity index is 1.75. The number of hydrogen-bond acceptors (Lipinski definition) is 7. The highest BCUT2D eigenvalue weighted by Crippen LogP contribution is 2.39. The summed E-state index contributed by atoms with van der Waals surface area (Å²) in [4.78, 5) is 17.7. The first kappa shape index (κ1) is 19.6. The quantitative estimate of drug-likeness (QED) is 0.594. The van der Waals surface area contributed by atoms with Crippen LogP contribution < -0.4 is 20.1 Å². The number of carbonyl (C=O) groups is 1. The maximum Gasteiger partial charge on any atom is 0.232 e. The van der Waals surface area contributed by atoms with Gasteiger partial charge in [0.15, 0.2) is 11.5 Å². The Morgan fingerprint density at radius 3 is 2.70 bits per heavy atom. The fourth-order valence-electron chi connectivity index (χ4n) is 3.84. The number of methoxy groups -OCH3 is 2. The number of phenolic OH excluding ortho intramolecular Hbond substituents is 1. The Labute approximate surface area is 173 Å². The van der Waals surface area contributed by atoms with Crippen molar-refractivity contribution >= 4 is 17.5 Å². The van der Waals surface area contributed by atoms with E-state index in [4.69, 9.17) is 9.47 Å². The molecule has 156 valence electrons. The van der Waals surface area contributed by atoms with Crippen molar-refractivity contribution in [3.05, 3.63) is 54.4 Å². The average Bonchev–Trinajstić information content (AvgIpc) is 3.21. The lowest BCUT2D eigenvalue weighted by Gasteiger charge is -2.37. The number of benzene rings is 2. The third-order valence-electron chi connectivity index (χ3n) is 5.29. The van der Waals surface area contributed by atoms with Crippen LogP contribution in [0.25, 0.3) is 0 Å². The summed E-state index contributed by atoms with van der Waals surface area (Å²) in [6.07, 6.45) is 1.44. The molecule has 0 spiro atoms. The van der Waals surface area contributed by atoms with E-state index in [2.05, 4.69) is 20.7 Å². The molecule has 1 aliphatic rings. The van der Waals surface area contributed by atoms with Gasteiger partial charge in [-0.15, -0.1) is 0 Å². The van der Waals surface area contributed by atoms with Crippen molar-refractivity contribution in [3.8, 4) is 17.2 Å². The molecule has 3 aromatic rings. The first-order valence-corrected chi connectivity index (χ1v) is 9.50. The van der Waals surface area contributed by atoms with Crippen LogP contribution in [0.1, 0.15) is 18.5 Å². The molecule has 9 nitrogen and oxygen atoms in total. The molecule has 9 heteroatoms. The van der Waals surface area contributed by atoms with E-state index >= 15 is 0 Å². The minimum Gasteiger partial charge on any atom is -0.504 e. The zero-order chi connectivity index (χ0) is 21.3. The third-order valence-corrected chi connectivity index (χ3v) is 5.29. The molecule has 0 saturated heterocycles. The summed E-state index contributed by atoms with van der Waals surface area (Å²) < 4.78 is 12.3. The van der Waals surface area contributed by atoms with Gasteiger partial charge in [-0.25, -0.2) is 4.68 Å². The summed E-state index contributed by atoms with van der Waals surface area (Å²) in [5.41, 5.74) is 1.36. The molecule has 0 saturated carbocycles. The summed E-state index contributed by atoms with van der Waals surface area (Å²) >= 11 is 0. The normalized spacial score (nSPS) is 20.0. The van der Waals surface area contributed by atoms with E-state index in [1.54, 1.807) is 42.1 Å². The number of phenols is 1. The van der Waals surface area contributed by atoms with Crippen LogP contribution in [0.5, 0.6) is 17.2 Å². The largest absolute Gasteiger partial charge is 0.504 e. The molecule has 1 aromatic heterocycles. The van der Waals surface area contributed by atoms with Crippen LogP contribution in [0.15, 0.2) is 48.8 Å². The Hall–Kier alpha value is -3.75. The van der Waals surface area contributed by atoms with Crippen molar-refractivity contribution in [2.45, 2.75) is 19.0 Å². The van der Waals surface area contributed by atoms with E-state index in [0.717, 1.165) is 5.56 Å². The van der Waals surface area contributed by atoms with Gasteiger partial charge in [0.1, 0.15) is 12.1 Å². The second-order valence-corrected chi connectivity index (χ2v) is 7.05. The molecule has 0 fully saturated rings.